The molecule has 1 nitrogen and oxygen atoms in total. The van der Waals surface area contributed by atoms with E-state index in [9.17, 15) is 0 Å². The van der Waals surface area contributed by atoms with Crippen LogP contribution in [0.25, 0.3) is 0 Å². The third kappa shape index (κ3) is 1.82. The maximum atomic E-state index is 3.72. The van der Waals surface area contributed by atoms with Crippen molar-refractivity contribution in [1.29, 1.82) is 0 Å². The summed E-state index contributed by atoms with van der Waals surface area (Å²) >= 11 is 0. The molecule has 2 aliphatic carbocycles. The topological polar surface area (TPSA) is 12.0 Å². The van der Waals surface area contributed by atoms with Gasteiger partial charge in [0.25, 0.3) is 0 Å². The molecule has 2 aliphatic rings. The zero-order chi connectivity index (χ0) is 8.55. The summed E-state index contributed by atoms with van der Waals surface area (Å²) in [5, 5.41) is 3.72. The molecule has 0 saturated heterocycles. The van der Waals surface area contributed by atoms with Crippen LogP contribution < -0.4 is 5.32 Å². The summed E-state index contributed by atoms with van der Waals surface area (Å²) in [6.45, 7) is 6.09. The predicted molar refractivity (Wildman–Crippen MR) is 52.1 cm³/mol. The molecule has 2 saturated carbocycles. The fraction of sp³-hybridized carbons (Fsp3) is 1.00. The molecule has 12 heavy (non-hydrogen) atoms. The Kier molecular flexibility index (Phi) is 2.40. The quantitative estimate of drug-likeness (QED) is 0.680. The molecule has 2 rings (SSSR count). The van der Waals surface area contributed by atoms with Gasteiger partial charge in [-0.3, -0.25) is 0 Å². The van der Waals surface area contributed by atoms with E-state index >= 15 is 0 Å². The molecule has 0 heterocycles. The van der Waals surface area contributed by atoms with Gasteiger partial charge in [-0.25, -0.2) is 0 Å². The third-order valence-electron chi connectivity index (χ3n) is 3.83. The molecule has 3 atom stereocenters. The Morgan fingerprint density at radius 3 is 2.33 bits per heavy atom. The minimum Gasteiger partial charge on any atom is -0.313 e. The highest BCUT2D eigenvalue weighted by atomic mass is 14.9. The van der Waals surface area contributed by atoms with Crippen LogP contribution in [-0.2, 0) is 0 Å². The predicted octanol–water partition coefficient (Wildman–Crippen LogP) is 2.42. The Labute approximate surface area is 75.9 Å². The van der Waals surface area contributed by atoms with Crippen LogP contribution in [0.2, 0.25) is 0 Å². The van der Waals surface area contributed by atoms with Crippen LogP contribution in [0.15, 0.2) is 0 Å². The first kappa shape index (κ1) is 8.55. The average molecular weight is 167 g/mol. The number of hydrogen-bond donors (Lipinski definition) is 1. The standard InChI is InChI=1S/C11H21N/c1-8-3-6-11(9(8)2)12-7-10-4-5-10/h8-12H,3-7H2,1-2H3. The van der Waals surface area contributed by atoms with E-state index < -0.39 is 0 Å². The second kappa shape index (κ2) is 3.37. The van der Waals surface area contributed by atoms with Gasteiger partial charge in [0, 0.05) is 6.04 Å². The molecular formula is C11H21N. The van der Waals surface area contributed by atoms with Gasteiger partial charge in [-0.05, 0) is 50.0 Å². The molecule has 0 bridgehead atoms. The Hall–Kier alpha value is -0.0400. The minimum absolute atomic E-state index is 0.834. The van der Waals surface area contributed by atoms with Crippen molar-refractivity contribution in [2.45, 2.75) is 45.6 Å². The Balaban J connectivity index is 1.72. The van der Waals surface area contributed by atoms with Crippen LogP contribution >= 0.6 is 0 Å². The lowest BCUT2D eigenvalue weighted by molar-refractivity contribution is 0.367. The number of nitrogens with one attached hydrogen (secondary N) is 1. The van der Waals surface area contributed by atoms with Gasteiger partial charge in [0.15, 0.2) is 0 Å². The van der Waals surface area contributed by atoms with Crippen LogP contribution in [0.3, 0.4) is 0 Å². The van der Waals surface area contributed by atoms with Gasteiger partial charge in [0.05, 0.1) is 0 Å². The van der Waals surface area contributed by atoms with Gasteiger partial charge >= 0.3 is 0 Å². The molecular weight excluding hydrogens is 146 g/mol. The van der Waals surface area contributed by atoms with Gasteiger partial charge in [-0.2, -0.15) is 0 Å². The maximum Gasteiger partial charge on any atom is 0.00954 e. The van der Waals surface area contributed by atoms with Crippen molar-refractivity contribution in [3.8, 4) is 0 Å². The molecule has 0 aromatic heterocycles. The molecule has 2 fully saturated rings. The van der Waals surface area contributed by atoms with Crippen LogP contribution in [0.5, 0.6) is 0 Å². The second-order valence-electron chi connectivity index (χ2n) is 4.87. The second-order valence-corrected chi connectivity index (χ2v) is 4.87. The molecule has 70 valence electrons. The first-order chi connectivity index (χ1) is 5.77. The number of hydrogen-bond acceptors (Lipinski definition) is 1. The molecule has 0 aromatic carbocycles. The summed E-state index contributed by atoms with van der Waals surface area (Å²) in [5.41, 5.74) is 0. The van der Waals surface area contributed by atoms with E-state index in [1.54, 1.807) is 0 Å². The highest BCUT2D eigenvalue weighted by molar-refractivity contribution is 4.86. The summed E-state index contributed by atoms with van der Waals surface area (Å²) in [6.07, 6.45) is 5.80. The van der Waals surface area contributed by atoms with E-state index in [4.69, 9.17) is 0 Å². The van der Waals surface area contributed by atoms with E-state index in [2.05, 4.69) is 19.2 Å². The zero-order valence-corrected chi connectivity index (χ0v) is 8.34. The van der Waals surface area contributed by atoms with Crippen LogP contribution in [0.1, 0.15) is 39.5 Å². The molecule has 1 N–H and O–H groups in total. The van der Waals surface area contributed by atoms with Crippen LogP contribution in [0.4, 0.5) is 0 Å². The SMILES string of the molecule is CC1CCC(NCC2CC2)C1C. The molecule has 3 unspecified atom stereocenters. The third-order valence-corrected chi connectivity index (χ3v) is 3.83. The highest BCUT2D eigenvalue weighted by Gasteiger charge is 2.30. The zero-order valence-electron chi connectivity index (χ0n) is 8.34. The summed E-state index contributed by atoms with van der Waals surface area (Å²) in [4.78, 5) is 0. The fourth-order valence-corrected chi connectivity index (χ4v) is 2.29. The number of rotatable bonds is 3. The maximum absolute atomic E-state index is 3.72. The minimum atomic E-state index is 0.834. The van der Waals surface area contributed by atoms with E-state index in [0.29, 0.717) is 0 Å². The van der Waals surface area contributed by atoms with Crippen molar-refractivity contribution in [3.63, 3.8) is 0 Å². The molecule has 0 radical (unpaired) electrons. The van der Waals surface area contributed by atoms with Crippen molar-refractivity contribution in [1.82, 2.24) is 5.32 Å². The Bertz CT molecular complexity index is 151. The van der Waals surface area contributed by atoms with Crippen molar-refractivity contribution in [2.75, 3.05) is 6.54 Å². The van der Waals surface area contributed by atoms with Crippen LogP contribution in [-0.4, -0.2) is 12.6 Å². The van der Waals surface area contributed by atoms with E-state index in [0.717, 1.165) is 23.8 Å². The Morgan fingerprint density at radius 2 is 1.83 bits per heavy atom. The van der Waals surface area contributed by atoms with Gasteiger partial charge < -0.3 is 5.32 Å². The summed E-state index contributed by atoms with van der Waals surface area (Å²) < 4.78 is 0. The van der Waals surface area contributed by atoms with Crippen molar-refractivity contribution in [3.05, 3.63) is 0 Å². The lowest BCUT2D eigenvalue weighted by Gasteiger charge is -2.19. The molecule has 0 aromatic rings. The summed E-state index contributed by atoms with van der Waals surface area (Å²) in [5.74, 6) is 2.89. The highest BCUT2D eigenvalue weighted by Crippen LogP contribution is 2.33. The molecule has 1 heteroatoms. The van der Waals surface area contributed by atoms with Gasteiger partial charge in [0.2, 0.25) is 0 Å². The molecule has 0 spiro atoms. The van der Waals surface area contributed by atoms with Gasteiger partial charge in [-0.15, -0.1) is 0 Å². The summed E-state index contributed by atoms with van der Waals surface area (Å²) in [7, 11) is 0. The van der Waals surface area contributed by atoms with Crippen molar-refractivity contribution < 1.29 is 0 Å². The lowest BCUT2D eigenvalue weighted by atomic mass is 9.98. The van der Waals surface area contributed by atoms with Crippen LogP contribution in [0, 0.1) is 17.8 Å². The first-order valence-electron chi connectivity index (χ1n) is 5.50. The van der Waals surface area contributed by atoms with Crippen molar-refractivity contribution in [2.24, 2.45) is 17.8 Å². The van der Waals surface area contributed by atoms with Gasteiger partial charge in [-0.1, -0.05) is 13.8 Å². The van der Waals surface area contributed by atoms with E-state index in [1.165, 1.54) is 32.2 Å². The smallest absolute Gasteiger partial charge is 0.00954 e. The molecule has 0 amide bonds. The first-order valence-corrected chi connectivity index (χ1v) is 5.50. The largest absolute Gasteiger partial charge is 0.313 e. The monoisotopic (exact) mass is 167 g/mol. The van der Waals surface area contributed by atoms with Crippen molar-refractivity contribution >= 4 is 0 Å². The van der Waals surface area contributed by atoms with E-state index in [-0.39, 0.29) is 0 Å². The molecule has 0 aliphatic heterocycles. The van der Waals surface area contributed by atoms with E-state index in [1.807, 2.05) is 0 Å². The lowest BCUT2D eigenvalue weighted by Crippen LogP contribution is -2.33. The Morgan fingerprint density at radius 1 is 1.08 bits per heavy atom. The van der Waals surface area contributed by atoms with Gasteiger partial charge in [0.1, 0.15) is 0 Å². The average Bonchev–Trinajstić information content (AvgIpc) is 2.82. The normalized spacial score (nSPS) is 42.0. The fourth-order valence-electron chi connectivity index (χ4n) is 2.29. The summed E-state index contributed by atoms with van der Waals surface area (Å²) in [6, 6.07) is 0.834.